The summed E-state index contributed by atoms with van der Waals surface area (Å²) in [5.74, 6) is 0. The fourth-order valence-corrected chi connectivity index (χ4v) is 4.45. The maximum absolute atomic E-state index is 4.69. The second-order valence-corrected chi connectivity index (χ2v) is 6.82. The number of thiophene rings is 1. The summed E-state index contributed by atoms with van der Waals surface area (Å²) in [4.78, 5) is 13.5. The standard InChI is InChI=1S/C20H13N3S/c1-12-19-18(23-11-22-12)16-8-4-7-15(20(16)24-19)17-14-6-3-2-5-13(14)9-10-21-17/h2-11H,1H3. The molecule has 3 heterocycles. The summed E-state index contributed by atoms with van der Waals surface area (Å²) in [5.41, 5.74) is 4.24. The zero-order chi connectivity index (χ0) is 16.1. The van der Waals surface area contributed by atoms with E-state index in [2.05, 4.69) is 58.5 Å². The molecule has 5 aromatic rings. The van der Waals surface area contributed by atoms with Gasteiger partial charge < -0.3 is 0 Å². The van der Waals surface area contributed by atoms with Crippen molar-refractivity contribution in [1.82, 2.24) is 15.0 Å². The number of hydrogen-bond donors (Lipinski definition) is 0. The predicted octanol–water partition coefficient (Wildman–Crippen LogP) is 5.37. The van der Waals surface area contributed by atoms with Crippen LogP contribution in [-0.4, -0.2) is 15.0 Å². The van der Waals surface area contributed by atoms with Gasteiger partial charge in [-0.05, 0) is 18.4 Å². The summed E-state index contributed by atoms with van der Waals surface area (Å²) >= 11 is 1.75. The number of rotatable bonds is 1. The van der Waals surface area contributed by atoms with E-state index in [4.69, 9.17) is 4.98 Å². The molecule has 0 aliphatic rings. The maximum Gasteiger partial charge on any atom is 0.116 e. The number of fused-ring (bicyclic) bond motifs is 4. The summed E-state index contributed by atoms with van der Waals surface area (Å²) in [7, 11) is 0. The number of nitrogens with zero attached hydrogens (tertiary/aromatic N) is 3. The molecule has 0 fully saturated rings. The van der Waals surface area contributed by atoms with Gasteiger partial charge in [0.05, 0.1) is 21.6 Å². The Morgan fingerprint density at radius 3 is 2.62 bits per heavy atom. The van der Waals surface area contributed by atoms with Crippen LogP contribution in [0.15, 0.2) is 61.1 Å². The normalized spacial score (nSPS) is 11.5. The molecule has 0 amide bonds. The van der Waals surface area contributed by atoms with Crippen molar-refractivity contribution in [3.05, 3.63) is 66.7 Å². The first-order valence-corrected chi connectivity index (χ1v) is 8.61. The molecule has 3 aromatic heterocycles. The van der Waals surface area contributed by atoms with Crippen LogP contribution in [0, 0.1) is 6.92 Å². The van der Waals surface area contributed by atoms with Gasteiger partial charge in [-0.1, -0.05) is 42.5 Å². The predicted molar refractivity (Wildman–Crippen MR) is 100 cm³/mol. The number of aromatic nitrogens is 3. The van der Waals surface area contributed by atoms with Crippen LogP contribution in [0.25, 0.3) is 42.3 Å². The third-order valence-electron chi connectivity index (χ3n) is 4.38. The first kappa shape index (κ1) is 13.6. The Hall–Kier alpha value is -2.85. The van der Waals surface area contributed by atoms with E-state index in [1.165, 1.54) is 20.9 Å². The van der Waals surface area contributed by atoms with Gasteiger partial charge in [-0.15, -0.1) is 11.3 Å². The Bertz CT molecular complexity index is 1220. The van der Waals surface area contributed by atoms with Gasteiger partial charge in [0.15, 0.2) is 0 Å². The first-order chi connectivity index (χ1) is 11.8. The van der Waals surface area contributed by atoms with E-state index >= 15 is 0 Å². The van der Waals surface area contributed by atoms with E-state index in [1.54, 1.807) is 17.7 Å². The van der Waals surface area contributed by atoms with Crippen LogP contribution in [0.5, 0.6) is 0 Å². The number of aryl methyl sites for hydroxylation is 1. The van der Waals surface area contributed by atoms with Crippen molar-refractivity contribution in [2.75, 3.05) is 0 Å². The van der Waals surface area contributed by atoms with Gasteiger partial charge in [-0.2, -0.15) is 0 Å². The fourth-order valence-electron chi connectivity index (χ4n) is 3.23. The molecular formula is C20H13N3S. The van der Waals surface area contributed by atoms with Gasteiger partial charge in [0.1, 0.15) is 6.33 Å². The molecule has 0 aliphatic heterocycles. The van der Waals surface area contributed by atoms with Crippen molar-refractivity contribution in [2.45, 2.75) is 6.92 Å². The molecular weight excluding hydrogens is 314 g/mol. The third-order valence-corrected chi connectivity index (χ3v) is 5.72. The Morgan fingerprint density at radius 1 is 0.792 bits per heavy atom. The first-order valence-electron chi connectivity index (χ1n) is 7.80. The lowest BCUT2D eigenvalue weighted by Crippen LogP contribution is -1.86. The highest BCUT2D eigenvalue weighted by molar-refractivity contribution is 7.26. The zero-order valence-corrected chi connectivity index (χ0v) is 13.8. The molecule has 0 bridgehead atoms. The van der Waals surface area contributed by atoms with Crippen LogP contribution in [0.3, 0.4) is 0 Å². The molecule has 5 rings (SSSR count). The van der Waals surface area contributed by atoms with Crippen LogP contribution < -0.4 is 0 Å². The van der Waals surface area contributed by atoms with Gasteiger partial charge in [0.2, 0.25) is 0 Å². The topological polar surface area (TPSA) is 38.7 Å². The minimum Gasteiger partial charge on any atom is -0.256 e. The van der Waals surface area contributed by atoms with Gasteiger partial charge in [-0.3, -0.25) is 4.98 Å². The van der Waals surface area contributed by atoms with Crippen LogP contribution >= 0.6 is 11.3 Å². The molecule has 4 heteroatoms. The minimum atomic E-state index is 1.02. The molecule has 0 saturated carbocycles. The maximum atomic E-state index is 4.69. The smallest absolute Gasteiger partial charge is 0.116 e. The molecule has 114 valence electrons. The van der Waals surface area contributed by atoms with Crippen molar-refractivity contribution >= 4 is 42.4 Å². The molecule has 0 spiro atoms. The van der Waals surface area contributed by atoms with Gasteiger partial charge >= 0.3 is 0 Å². The molecule has 0 radical (unpaired) electrons. The van der Waals surface area contributed by atoms with Gasteiger partial charge in [-0.25, -0.2) is 9.97 Å². The highest BCUT2D eigenvalue weighted by Gasteiger charge is 2.15. The van der Waals surface area contributed by atoms with Crippen molar-refractivity contribution in [3.8, 4) is 11.3 Å². The highest BCUT2D eigenvalue weighted by Crippen LogP contribution is 2.40. The van der Waals surface area contributed by atoms with Crippen LogP contribution in [0.4, 0.5) is 0 Å². The average Bonchev–Trinajstić information content (AvgIpc) is 3.02. The Kier molecular flexibility index (Phi) is 2.87. The van der Waals surface area contributed by atoms with Crippen molar-refractivity contribution in [1.29, 1.82) is 0 Å². The van der Waals surface area contributed by atoms with Crippen molar-refractivity contribution < 1.29 is 0 Å². The molecule has 2 aromatic carbocycles. The van der Waals surface area contributed by atoms with E-state index in [1.807, 2.05) is 13.1 Å². The third kappa shape index (κ3) is 1.87. The summed E-state index contributed by atoms with van der Waals surface area (Å²) in [5, 5.41) is 3.55. The molecule has 0 N–H and O–H groups in total. The quantitative estimate of drug-likeness (QED) is 0.415. The highest BCUT2D eigenvalue weighted by atomic mass is 32.1. The SMILES string of the molecule is Cc1ncnc2c1sc1c(-c3nccc4ccccc34)cccc12. The van der Waals surface area contributed by atoms with E-state index in [0.29, 0.717) is 0 Å². The Morgan fingerprint density at radius 2 is 1.67 bits per heavy atom. The van der Waals surface area contributed by atoms with Crippen molar-refractivity contribution in [3.63, 3.8) is 0 Å². The minimum absolute atomic E-state index is 1.02. The summed E-state index contributed by atoms with van der Waals surface area (Å²) in [6.07, 6.45) is 3.53. The van der Waals surface area contributed by atoms with Gasteiger partial charge in [0, 0.05) is 27.2 Å². The molecule has 0 atom stereocenters. The lowest BCUT2D eigenvalue weighted by atomic mass is 10.0. The molecule has 3 nitrogen and oxygen atoms in total. The van der Waals surface area contributed by atoms with E-state index in [9.17, 15) is 0 Å². The summed E-state index contributed by atoms with van der Waals surface area (Å²) in [6, 6.07) is 16.8. The average molecular weight is 327 g/mol. The molecule has 0 unspecified atom stereocenters. The van der Waals surface area contributed by atoms with Crippen molar-refractivity contribution in [2.24, 2.45) is 0 Å². The molecule has 24 heavy (non-hydrogen) atoms. The van der Waals surface area contributed by atoms with E-state index in [-0.39, 0.29) is 0 Å². The van der Waals surface area contributed by atoms with Crippen LogP contribution in [-0.2, 0) is 0 Å². The van der Waals surface area contributed by atoms with Gasteiger partial charge in [0.25, 0.3) is 0 Å². The lowest BCUT2D eigenvalue weighted by Gasteiger charge is -2.06. The van der Waals surface area contributed by atoms with Crippen LogP contribution in [0.2, 0.25) is 0 Å². The largest absolute Gasteiger partial charge is 0.256 e. The second-order valence-electron chi connectivity index (χ2n) is 5.80. The Balaban J connectivity index is 1.93. The summed E-state index contributed by atoms with van der Waals surface area (Å²) in [6.45, 7) is 2.04. The zero-order valence-electron chi connectivity index (χ0n) is 13.0. The Labute approximate surface area is 142 Å². The number of benzene rings is 2. The number of hydrogen-bond acceptors (Lipinski definition) is 4. The second kappa shape index (κ2) is 5.08. The fraction of sp³-hybridized carbons (Fsp3) is 0.0500. The molecule has 0 saturated heterocycles. The number of pyridine rings is 1. The molecule has 0 aliphatic carbocycles. The lowest BCUT2D eigenvalue weighted by molar-refractivity contribution is 1.16. The van der Waals surface area contributed by atoms with Crippen LogP contribution in [0.1, 0.15) is 5.69 Å². The monoisotopic (exact) mass is 327 g/mol. The van der Waals surface area contributed by atoms with E-state index in [0.717, 1.165) is 27.2 Å². The van der Waals surface area contributed by atoms with E-state index < -0.39 is 0 Å². The summed E-state index contributed by atoms with van der Waals surface area (Å²) < 4.78 is 2.38.